The molecular weight excluding hydrogens is 412 g/mol. The minimum absolute atomic E-state index is 0.241. The van der Waals surface area contributed by atoms with Crippen LogP contribution >= 0.6 is 27.5 Å². The summed E-state index contributed by atoms with van der Waals surface area (Å²) in [4.78, 5) is 16.6. The van der Waals surface area contributed by atoms with Gasteiger partial charge in [-0.15, -0.1) is 0 Å². The standard InChI is InChI=1S/C16H22BrClN2O3Si/c1-5-23-16(21)13-9-12-15(11(18)8-14(17)19-12)20(13)10-22-6-7-24(2,3)4/h8-9H,5-7,10H2,1-4H3. The average molecular weight is 434 g/mol. The van der Waals surface area contributed by atoms with Gasteiger partial charge in [0.25, 0.3) is 0 Å². The van der Waals surface area contributed by atoms with Gasteiger partial charge in [-0.3, -0.25) is 0 Å². The molecule has 2 aromatic heterocycles. The monoisotopic (exact) mass is 432 g/mol. The first-order valence-corrected chi connectivity index (χ1v) is 12.7. The van der Waals surface area contributed by atoms with E-state index in [1.165, 1.54) is 0 Å². The summed E-state index contributed by atoms with van der Waals surface area (Å²) in [6.07, 6.45) is 0. The number of hydrogen-bond acceptors (Lipinski definition) is 4. The van der Waals surface area contributed by atoms with Crippen molar-refractivity contribution in [2.75, 3.05) is 13.2 Å². The number of halogens is 2. The molecule has 0 radical (unpaired) electrons. The number of ether oxygens (including phenoxy) is 2. The van der Waals surface area contributed by atoms with Crippen LogP contribution in [-0.4, -0.2) is 36.8 Å². The second-order valence-electron chi connectivity index (χ2n) is 6.69. The summed E-state index contributed by atoms with van der Waals surface area (Å²) in [5, 5.41) is 0.510. The number of carbonyl (C=O) groups excluding carboxylic acids is 1. The number of nitrogens with zero attached hydrogens (tertiary/aromatic N) is 2. The molecule has 0 saturated carbocycles. The van der Waals surface area contributed by atoms with Crippen LogP contribution in [0.3, 0.4) is 0 Å². The van der Waals surface area contributed by atoms with E-state index in [1.807, 2.05) is 0 Å². The van der Waals surface area contributed by atoms with Gasteiger partial charge in [-0.25, -0.2) is 9.78 Å². The highest BCUT2D eigenvalue weighted by atomic mass is 79.9. The largest absolute Gasteiger partial charge is 0.461 e. The van der Waals surface area contributed by atoms with Gasteiger partial charge in [0, 0.05) is 14.7 Å². The molecular formula is C16H22BrClN2O3Si. The predicted molar refractivity (Wildman–Crippen MR) is 103 cm³/mol. The van der Waals surface area contributed by atoms with E-state index in [1.54, 1.807) is 23.6 Å². The van der Waals surface area contributed by atoms with Gasteiger partial charge in [-0.05, 0) is 41.0 Å². The van der Waals surface area contributed by atoms with Crippen LogP contribution in [-0.2, 0) is 16.2 Å². The molecule has 0 aromatic carbocycles. The van der Waals surface area contributed by atoms with Gasteiger partial charge in [0.1, 0.15) is 17.0 Å². The van der Waals surface area contributed by atoms with Crippen LogP contribution in [0.15, 0.2) is 16.7 Å². The van der Waals surface area contributed by atoms with Crippen LogP contribution in [0.4, 0.5) is 0 Å². The first kappa shape index (κ1) is 19.4. The lowest BCUT2D eigenvalue weighted by molar-refractivity contribution is 0.0478. The van der Waals surface area contributed by atoms with Crippen LogP contribution in [0.5, 0.6) is 0 Å². The van der Waals surface area contributed by atoms with Crippen LogP contribution in [0.25, 0.3) is 11.0 Å². The summed E-state index contributed by atoms with van der Waals surface area (Å²) in [6.45, 7) is 9.86. The number of rotatable bonds is 7. The van der Waals surface area contributed by atoms with Crippen molar-refractivity contribution in [2.24, 2.45) is 0 Å². The van der Waals surface area contributed by atoms with Crippen molar-refractivity contribution < 1.29 is 14.3 Å². The summed E-state index contributed by atoms with van der Waals surface area (Å²) in [5.74, 6) is -0.406. The summed E-state index contributed by atoms with van der Waals surface area (Å²) >= 11 is 9.68. The van der Waals surface area contributed by atoms with Crippen LogP contribution in [0, 0.1) is 0 Å². The van der Waals surface area contributed by atoms with E-state index in [-0.39, 0.29) is 6.73 Å². The Kier molecular flexibility index (Phi) is 6.47. The number of hydrogen-bond donors (Lipinski definition) is 0. The Morgan fingerprint density at radius 2 is 2.08 bits per heavy atom. The number of carbonyl (C=O) groups is 1. The Morgan fingerprint density at radius 1 is 1.38 bits per heavy atom. The smallest absolute Gasteiger partial charge is 0.355 e. The maximum Gasteiger partial charge on any atom is 0.355 e. The zero-order valence-corrected chi connectivity index (χ0v) is 17.7. The number of fused-ring (bicyclic) bond motifs is 1. The van der Waals surface area contributed by atoms with Gasteiger partial charge in [0.2, 0.25) is 0 Å². The van der Waals surface area contributed by atoms with Crippen LogP contribution < -0.4 is 0 Å². The fourth-order valence-electron chi connectivity index (χ4n) is 2.23. The maximum absolute atomic E-state index is 12.2. The second-order valence-corrected chi connectivity index (χ2v) is 13.5. The van der Waals surface area contributed by atoms with Crippen LogP contribution in [0.1, 0.15) is 17.4 Å². The highest BCUT2D eigenvalue weighted by molar-refractivity contribution is 9.10. The van der Waals surface area contributed by atoms with E-state index in [2.05, 4.69) is 40.6 Å². The molecule has 0 N–H and O–H groups in total. The lowest BCUT2D eigenvalue weighted by Gasteiger charge is -2.16. The van der Waals surface area contributed by atoms with E-state index in [0.717, 1.165) is 6.04 Å². The second kappa shape index (κ2) is 7.99. The third-order valence-electron chi connectivity index (χ3n) is 3.48. The molecule has 2 rings (SSSR count). The van der Waals surface area contributed by atoms with Crippen molar-refractivity contribution in [3.63, 3.8) is 0 Å². The van der Waals surface area contributed by atoms with Crippen LogP contribution in [0.2, 0.25) is 30.7 Å². The number of aromatic nitrogens is 2. The van der Waals surface area contributed by atoms with Crippen molar-refractivity contribution in [1.29, 1.82) is 0 Å². The van der Waals surface area contributed by atoms with E-state index >= 15 is 0 Å². The summed E-state index contributed by atoms with van der Waals surface area (Å²) in [7, 11) is -1.17. The quantitative estimate of drug-likeness (QED) is 0.268. The molecule has 0 aliphatic carbocycles. The topological polar surface area (TPSA) is 53.3 Å². The maximum atomic E-state index is 12.2. The Morgan fingerprint density at radius 3 is 2.71 bits per heavy atom. The summed E-state index contributed by atoms with van der Waals surface area (Å²) in [6, 6.07) is 4.45. The summed E-state index contributed by atoms with van der Waals surface area (Å²) < 4.78 is 13.3. The molecule has 5 nitrogen and oxygen atoms in total. The molecule has 132 valence electrons. The van der Waals surface area contributed by atoms with E-state index in [4.69, 9.17) is 21.1 Å². The Labute approximate surface area is 156 Å². The van der Waals surface area contributed by atoms with Gasteiger partial charge in [-0.2, -0.15) is 0 Å². The van der Waals surface area contributed by atoms with E-state index in [9.17, 15) is 4.79 Å². The highest BCUT2D eigenvalue weighted by Crippen LogP contribution is 2.29. The van der Waals surface area contributed by atoms with Crippen molar-refractivity contribution in [1.82, 2.24) is 9.55 Å². The molecule has 0 fully saturated rings. The fraction of sp³-hybridized carbons (Fsp3) is 0.500. The molecule has 24 heavy (non-hydrogen) atoms. The van der Waals surface area contributed by atoms with E-state index in [0.29, 0.717) is 39.6 Å². The Bertz CT molecular complexity index is 743. The molecule has 0 aliphatic rings. The lowest BCUT2D eigenvalue weighted by Crippen LogP contribution is -2.22. The predicted octanol–water partition coefficient (Wildman–Crippen LogP) is 4.94. The third kappa shape index (κ3) is 4.81. The molecule has 2 aromatic rings. The Hall–Kier alpha value is -0.893. The highest BCUT2D eigenvalue weighted by Gasteiger charge is 2.20. The lowest BCUT2D eigenvalue weighted by atomic mass is 10.4. The molecule has 8 heteroatoms. The molecule has 0 saturated heterocycles. The minimum atomic E-state index is -1.17. The molecule has 0 unspecified atom stereocenters. The first-order chi connectivity index (χ1) is 11.2. The molecule has 2 heterocycles. The van der Waals surface area contributed by atoms with Crippen molar-refractivity contribution in [2.45, 2.75) is 39.3 Å². The molecule has 0 bridgehead atoms. The fourth-order valence-corrected chi connectivity index (χ4v) is 3.84. The third-order valence-corrected chi connectivity index (χ3v) is 5.88. The number of esters is 1. The average Bonchev–Trinajstić information content (AvgIpc) is 2.81. The molecule has 0 spiro atoms. The zero-order chi connectivity index (χ0) is 17.9. The molecule has 0 atom stereocenters. The molecule has 0 amide bonds. The van der Waals surface area contributed by atoms with Gasteiger partial charge < -0.3 is 14.0 Å². The van der Waals surface area contributed by atoms with Crippen molar-refractivity contribution in [3.05, 3.63) is 27.5 Å². The van der Waals surface area contributed by atoms with Gasteiger partial charge in [0.05, 0.1) is 22.7 Å². The molecule has 0 aliphatic heterocycles. The first-order valence-electron chi connectivity index (χ1n) is 7.83. The number of pyridine rings is 1. The van der Waals surface area contributed by atoms with Gasteiger partial charge in [-0.1, -0.05) is 31.2 Å². The normalized spacial score (nSPS) is 11.9. The Balaban J connectivity index is 2.33. The SMILES string of the molecule is CCOC(=O)c1cc2nc(Br)cc(Cl)c2n1COCC[Si](C)(C)C. The summed E-state index contributed by atoms with van der Waals surface area (Å²) in [5.41, 5.74) is 1.70. The van der Waals surface area contributed by atoms with Crippen molar-refractivity contribution >= 4 is 52.6 Å². The van der Waals surface area contributed by atoms with Gasteiger partial charge in [0.15, 0.2) is 0 Å². The van der Waals surface area contributed by atoms with Crippen molar-refractivity contribution in [3.8, 4) is 0 Å². The van der Waals surface area contributed by atoms with E-state index < -0.39 is 14.0 Å². The minimum Gasteiger partial charge on any atom is -0.461 e. The van der Waals surface area contributed by atoms with Gasteiger partial charge >= 0.3 is 5.97 Å². The zero-order valence-electron chi connectivity index (χ0n) is 14.4.